The van der Waals surface area contributed by atoms with Gasteiger partial charge in [0.2, 0.25) is 0 Å². The van der Waals surface area contributed by atoms with Crippen LogP contribution in [0.5, 0.6) is 0 Å². The number of carbonyl (C=O) groups is 1. The lowest BCUT2D eigenvalue weighted by atomic mass is 10.2. The summed E-state index contributed by atoms with van der Waals surface area (Å²) >= 11 is 0. The van der Waals surface area contributed by atoms with E-state index in [1.807, 2.05) is 60.7 Å². The molecule has 0 fully saturated rings. The monoisotopic (exact) mass is 323 g/mol. The first kappa shape index (κ1) is 18.6. The number of benzene rings is 3. The highest BCUT2D eigenvalue weighted by Gasteiger charge is 2.03. The van der Waals surface area contributed by atoms with Gasteiger partial charge in [0.25, 0.3) is 0 Å². The average Bonchev–Trinajstić information content (AvgIpc) is 2.57. The molecule has 0 saturated heterocycles. The second-order valence-corrected chi connectivity index (χ2v) is 4.71. The van der Waals surface area contributed by atoms with Gasteiger partial charge in [-0.25, -0.2) is 4.79 Å². The molecule has 0 amide bonds. The van der Waals surface area contributed by atoms with Gasteiger partial charge in [0, 0.05) is 17.1 Å². The molecule has 5 heteroatoms. The molecule has 3 rings (SSSR count). The summed E-state index contributed by atoms with van der Waals surface area (Å²) in [7, 11) is 0. The van der Waals surface area contributed by atoms with E-state index in [1.165, 1.54) is 6.07 Å². The predicted molar refractivity (Wildman–Crippen MR) is 99.5 cm³/mol. The first-order valence-corrected chi connectivity index (χ1v) is 7.19. The zero-order valence-corrected chi connectivity index (χ0v) is 13.2. The molecule has 5 nitrogen and oxygen atoms in total. The number of nitrogen functional groups attached to an aromatic ring is 3. The topological polar surface area (TPSA) is 115 Å². The Bertz CT molecular complexity index is 694. The van der Waals surface area contributed by atoms with Gasteiger partial charge in [-0.15, -0.1) is 0 Å². The SMILES string of the molecule is Nc1ccccc1.Nc1ccccc1.Nc1ccccc1C(=O)O. The number of nitrogens with two attached hydrogens (primary N) is 3. The molecule has 0 aromatic heterocycles. The molecule has 0 heterocycles. The number of aromatic carboxylic acids is 1. The summed E-state index contributed by atoms with van der Waals surface area (Å²) in [6.45, 7) is 0. The molecule has 0 radical (unpaired) electrons. The van der Waals surface area contributed by atoms with Crippen molar-refractivity contribution in [1.29, 1.82) is 0 Å². The number of rotatable bonds is 1. The average molecular weight is 323 g/mol. The lowest BCUT2D eigenvalue weighted by Crippen LogP contribution is -2.00. The van der Waals surface area contributed by atoms with E-state index in [9.17, 15) is 4.79 Å². The highest BCUT2D eigenvalue weighted by molar-refractivity contribution is 5.93. The molecule has 0 bridgehead atoms. The normalized spacial score (nSPS) is 8.83. The van der Waals surface area contributed by atoms with E-state index >= 15 is 0 Å². The van der Waals surface area contributed by atoms with Crippen LogP contribution in [0.4, 0.5) is 17.1 Å². The van der Waals surface area contributed by atoms with Gasteiger partial charge in [0.05, 0.1) is 5.56 Å². The molecule has 0 aliphatic carbocycles. The third-order valence-corrected chi connectivity index (χ3v) is 2.79. The van der Waals surface area contributed by atoms with Gasteiger partial charge >= 0.3 is 5.97 Å². The van der Waals surface area contributed by atoms with E-state index in [0.717, 1.165) is 11.4 Å². The van der Waals surface area contributed by atoms with Crippen LogP contribution in [0, 0.1) is 0 Å². The summed E-state index contributed by atoms with van der Waals surface area (Å²) < 4.78 is 0. The maximum atomic E-state index is 10.3. The van der Waals surface area contributed by atoms with Gasteiger partial charge in [-0.1, -0.05) is 48.5 Å². The fourth-order valence-corrected chi connectivity index (χ4v) is 1.60. The van der Waals surface area contributed by atoms with Crippen molar-refractivity contribution in [3.63, 3.8) is 0 Å². The van der Waals surface area contributed by atoms with Crippen molar-refractivity contribution < 1.29 is 9.90 Å². The number of para-hydroxylation sites is 3. The van der Waals surface area contributed by atoms with Crippen LogP contribution in [0.1, 0.15) is 10.4 Å². The van der Waals surface area contributed by atoms with Crippen LogP contribution >= 0.6 is 0 Å². The van der Waals surface area contributed by atoms with Crippen molar-refractivity contribution in [3.8, 4) is 0 Å². The third-order valence-electron chi connectivity index (χ3n) is 2.79. The standard InChI is InChI=1S/C7H7NO2.2C6H7N/c8-6-4-2-1-3-5(6)7(9)10;2*7-6-4-2-1-3-5-6/h1-4H,8H2,(H,9,10);2*1-5H,7H2. The smallest absolute Gasteiger partial charge is 0.337 e. The Balaban J connectivity index is 0.000000185. The molecule has 3 aromatic carbocycles. The minimum atomic E-state index is -0.988. The Morgan fingerprint density at radius 2 is 1.00 bits per heavy atom. The van der Waals surface area contributed by atoms with Crippen molar-refractivity contribution in [3.05, 3.63) is 90.5 Å². The molecule has 7 N–H and O–H groups in total. The number of carboxylic acid groups (broad SMARTS) is 1. The van der Waals surface area contributed by atoms with E-state index in [2.05, 4.69) is 0 Å². The highest BCUT2D eigenvalue weighted by Crippen LogP contribution is 2.09. The number of anilines is 3. The fraction of sp³-hybridized carbons (Fsp3) is 0. The molecular weight excluding hydrogens is 302 g/mol. The summed E-state index contributed by atoms with van der Waals surface area (Å²) in [5.74, 6) is -0.988. The molecule has 24 heavy (non-hydrogen) atoms. The van der Waals surface area contributed by atoms with Crippen molar-refractivity contribution in [2.24, 2.45) is 0 Å². The first-order valence-electron chi connectivity index (χ1n) is 7.19. The van der Waals surface area contributed by atoms with Crippen LogP contribution in [0.15, 0.2) is 84.9 Å². The van der Waals surface area contributed by atoms with Gasteiger partial charge < -0.3 is 22.3 Å². The van der Waals surface area contributed by atoms with Crippen LogP contribution in [0.3, 0.4) is 0 Å². The second-order valence-electron chi connectivity index (χ2n) is 4.71. The Kier molecular flexibility index (Phi) is 7.96. The number of hydrogen-bond donors (Lipinski definition) is 4. The summed E-state index contributed by atoms with van der Waals surface area (Å²) in [5.41, 5.74) is 18.2. The Morgan fingerprint density at radius 1 is 0.625 bits per heavy atom. The summed E-state index contributed by atoms with van der Waals surface area (Å²) in [6, 6.07) is 25.3. The molecule has 0 unspecified atom stereocenters. The van der Waals surface area contributed by atoms with Crippen molar-refractivity contribution in [2.75, 3.05) is 17.2 Å². The molecule has 0 spiro atoms. The molecule has 0 saturated carbocycles. The van der Waals surface area contributed by atoms with Crippen LogP contribution < -0.4 is 17.2 Å². The van der Waals surface area contributed by atoms with Crippen LogP contribution in [0.2, 0.25) is 0 Å². The molecule has 3 aromatic rings. The fourth-order valence-electron chi connectivity index (χ4n) is 1.60. The zero-order valence-electron chi connectivity index (χ0n) is 13.2. The van der Waals surface area contributed by atoms with E-state index < -0.39 is 5.97 Å². The van der Waals surface area contributed by atoms with Gasteiger partial charge in [-0.2, -0.15) is 0 Å². The molecule has 0 atom stereocenters. The Morgan fingerprint density at radius 3 is 1.25 bits per heavy atom. The van der Waals surface area contributed by atoms with Crippen molar-refractivity contribution >= 4 is 23.0 Å². The van der Waals surface area contributed by atoms with Gasteiger partial charge in [0.1, 0.15) is 0 Å². The minimum absolute atomic E-state index is 0.155. The molecule has 0 aliphatic rings. The minimum Gasteiger partial charge on any atom is -0.478 e. The largest absolute Gasteiger partial charge is 0.478 e. The summed E-state index contributed by atoms with van der Waals surface area (Å²) in [6.07, 6.45) is 0. The highest BCUT2D eigenvalue weighted by atomic mass is 16.4. The Labute approximate surface area is 141 Å². The van der Waals surface area contributed by atoms with Crippen LogP contribution in [-0.4, -0.2) is 11.1 Å². The maximum Gasteiger partial charge on any atom is 0.337 e. The Hall–Kier alpha value is -3.47. The lowest BCUT2D eigenvalue weighted by molar-refractivity contribution is 0.0698. The summed E-state index contributed by atoms with van der Waals surface area (Å²) in [4.78, 5) is 10.3. The molecule has 0 aliphatic heterocycles. The molecule has 124 valence electrons. The number of carboxylic acids is 1. The molecular formula is C19H21N3O2. The van der Waals surface area contributed by atoms with Gasteiger partial charge in [-0.05, 0) is 36.4 Å². The van der Waals surface area contributed by atoms with Crippen LogP contribution in [0.25, 0.3) is 0 Å². The van der Waals surface area contributed by atoms with Gasteiger partial charge in [0.15, 0.2) is 0 Å². The van der Waals surface area contributed by atoms with E-state index in [0.29, 0.717) is 5.69 Å². The summed E-state index contributed by atoms with van der Waals surface area (Å²) in [5, 5.41) is 8.49. The lowest BCUT2D eigenvalue weighted by Gasteiger charge is -1.96. The maximum absolute atomic E-state index is 10.3. The predicted octanol–water partition coefficient (Wildman–Crippen LogP) is 3.50. The number of hydrogen-bond acceptors (Lipinski definition) is 4. The van der Waals surface area contributed by atoms with Crippen molar-refractivity contribution in [2.45, 2.75) is 0 Å². The zero-order chi connectivity index (χ0) is 17.8. The third kappa shape index (κ3) is 7.51. The van der Waals surface area contributed by atoms with Crippen LogP contribution in [-0.2, 0) is 0 Å². The second kappa shape index (κ2) is 10.3. The van der Waals surface area contributed by atoms with E-state index in [4.69, 9.17) is 22.3 Å². The quantitative estimate of drug-likeness (QED) is 0.511. The van der Waals surface area contributed by atoms with E-state index in [-0.39, 0.29) is 5.56 Å². The van der Waals surface area contributed by atoms with E-state index in [1.54, 1.807) is 18.2 Å². The van der Waals surface area contributed by atoms with Crippen molar-refractivity contribution in [1.82, 2.24) is 0 Å². The van der Waals surface area contributed by atoms with Gasteiger partial charge in [-0.3, -0.25) is 0 Å². The first-order chi connectivity index (χ1) is 11.5.